The van der Waals surface area contributed by atoms with E-state index in [1.54, 1.807) is 6.26 Å². The van der Waals surface area contributed by atoms with Crippen molar-refractivity contribution in [1.82, 2.24) is 5.32 Å². The van der Waals surface area contributed by atoms with E-state index in [2.05, 4.69) is 43.4 Å². The maximum atomic E-state index is 5.29. The maximum Gasteiger partial charge on any atom is 0.117 e. The molecule has 1 heterocycles. The maximum absolute atomic E-state index is 5.29. The number of benzene rings is 1. The van der Waals surface area contributed by atoms with E-state index in [0.29, 0.717) is 6.04 Å². The molecule has 0 amide bonds. The van der Waals surface area contributed by atoms with E-state index in [9.17, 15) is 0 Å². The zero-order valence-corrected chi connectivity index (χ0v) is 9.73. The lowest BCUT2D eigenvalue weighted by atomic mass is 10.0. The topological polar surface area (TPSA) is 25.2 Å². The second-order valence-corrected chi connectivity index (χ2v) is 4.04. The molecule has 0 saturated carbocycles. The van der Waals surface area contributed by atoms with Crippen molar-refractivity contribution < 1.29 is 4.42 Å². The summed E-state index contributed by atoms with van der Waals surface area (Å²) in [7, 11) is 0. The molecule has 0 spiro atoms. The van der Waals surface area contributed by atoms with Gasteiger partial charge in [-0.1, -0.05) is 24.3 Å². The molecule has 1 aromatic heterocycles. The molecule has 0 aliphatic heterocycles. The van der Waals surface area contributed by atoms with Gasteiger partial charge in [-0.2, -0.15) is 0 Å². The predicted molar refractivity (Wildman–Crippen MR) is 65.1 cm³/mol. The Bertz CT molecular complexity index is 434. The van der Waals surface area contributed by atoms with E-state index in [0.717, 1.165) is 12.3 Å². The van der Waals surface area contributed by atoms with Crippen LogP contribution in [0.1, 0.15) is 29.9 Å². The van der Waals surface area contributed by atoms with Gasteiger partial charge in [0.05, 0.1) is 12.8 Å². The highest BCUT2D eigenvalue weighted by molar-refractivity contribution is 5.28. The van der Waals surface area contributed by atoms with Gasteiger partial charge in [-0.05, 0) is 37.1 Å². The molecule has 0 bridgehead atoms. The van der Waals surface area contributed by atoms with E-state index < -0.39 is 0 Å². The molecule has 16 heavy (non-hydrogen) atoms. The summed E-state index contributed by atoms with van der Waals surface area (Å²) < 4.78 is 5.29. The molecule has 0 unspecified atom stereocenters. The van der Waals surface area contributed by atoms with Crippen LogP contribution in [0.3, 0.4) is 0 Å². The van der Waals surface area contributed by atoms with Crippen LogP contribution in [0.4, 0.5) is 0 Å². The molecule has 2 rings (SSSR count). The zero-order valence-electron chi connectivity index (χ0n) is 9.73. The summed E-state index contributed by atoms with van der Waals surface area (Å²) in [5, 5.41) is 3.45. The fraction of sp³-hybridized carbons (Fsp3) is 0.286. The molecule has 1 atom stereocenters. The van der Waals surface area contributed by atoms with Crippen molar-refractivity contribution in [2.24, 2.45) is 0 Å². The van der Waals surface area contributed by atoms with E-state index in [1.165, 1.54) is 11.1 Å². The molecule has 0 aliphatic rings. The lowest BCUT2D eigenvalue weighted by Crippen LogP contribution is -2.18. The summed E-state index contributed by atoms with van der Waals surface area (Å²) in [6.07, 6.45) is 1.70. The number of hydrogen-bond donors (Lipinski definition) is 1. The minimum Gasteiger partial charge on any atom is -0.468 e. The first-order valence-electron chi connectivity index (χ1n) is 5.58. The van der Waals surface area contributed by atoms with Crippen molar-refractivity contribution in [1.29, 1.82) is 0 Å². The Morgan fingerprint density at radius 1 is 1.19 bits per heavy atom. The second kappa shape index (κ2) is 4.99. The smallest absolute Gasteiger partial charge is 0.117 e. The molecule has 84 valence electrons. The number of hydrogen-bond acceptors (Lipinski definition) is 2. The van der Waals surface area contributed by atoms with Crippen molar-refractivity contribution in [3.63, 3.8) is 0 Å². The number of aryl methyl sites for hydroxylation is 1. The van der Waals surface area contributed by atoms with Crippen molar-refractivity contribution in [3.05, 3.63) is 59.5 Å². The highest BCUT2D eigenvalue weighted by atomic mass is 16.3. The molecular weight excluding hydrogens is 198 g/mol. The standard InChI is InChI=1S/C14H17NO/c1-11-6-3-4-8-14(11)12(2)15-10-13-7-5-9-16-13/h3-9,12,15H,10H2,1-2H3/t12-/m1/s1. The molecule has 2 aromatic rings. The average Bonchev–Trinajstić information content (AvgIpc) is 2.79. The first-order chi connectivity index (χ1) is 7.77. The number of furan rings is 1. The Morgan fingerprint density at radius 3 is 2.69 bits per heavy atom. The average molecular weight is 215 g/mol. The molecule has 0 aliphatic carbocycles. The van der Waals surface area contributed by atoms with Crippen LogP contribution >= 0.6 is 0 Å². The van der Waals surface area contributed by atoms with Crippen LogP contribution in [0.15, 0.2) is 47.1 Å². The van der Waals surface area contributed by atoms with Gasteiger partial charge in [0.25, 0.3) is 0 Å². The largest absolute Gasteiger partial charge is 0.468 e. The van der Waals surface area contributed by atoms with Gasteiger partial charge in [-0.3, -0.25) is 0 Å². The first kappa shape index (κ1) is 11.0. The summed E-state index contributed by atoms with van der Waals surface area (Å²) in [6.45, 7) is 5.08. The molecule has 0 radical (unpaired) electrons. The molecular formula is C14H17NO. The van der Waals surface area contributed by atoms with E-state index in [1.807, 2.05) is 12.1 Å². The summed E-state index contributed by atoms with van der Waals surface area (Å²) in [5.74, 6) is 0.973. The molecule has 2 heteroatoms. The van der Waals surface area contributed by atoms with E-state index >= 15 is 0 Å². The van der Waals surface area contributed by atoms with Crippen LogP contribution in [0.25, 0.3) is 0 Å². The zero-order chi connectivity index (χ0) is 11.4. The van der Waals surface area contributed by atoms with Crippen molar-refractivity contribution in [2.45, 2.75) is 26.4 Å². The van der Waals surface area contributed by atoms with Crippen molar-refractivity contribution in [2.75, 3.05) is 0 Å². The molecule has 1 aromatic carbocycles. The summed E-state index contributed by atoms with van der Waals surface area (Å²) in [5.41, 5.74) is 2.66. The molecule has 1 N–H and O–H groups in total. The van der Waals surface area contributed by atoms with Crippen LogP contribution in [-0.4, -0.2) is 0 Å². The Balaban J connectivity index is 1.98. The molecule has 0 saturated heterocycles. The van der Waals surface area contributed by atoms with Gasteiger partial charge in [-0.15, -0.1) is 0 Å². The van der Waals surface area contributed by atoms with Crippen LogP contribution in [0.5, 0.6) is 0 Å². The molecule has 2 nitrogen and oxygen atoms in total. The lowest BCUT2D eigenvalue weighted by molar-refractivity contribution is 0.460. The van der Waals surface area contributed by atoms with Gasteiger partial charge in [0.15, 0.2) is 0 Å². The lowest BCUT2D eigenvalue weighted by Gasteiger charge is -2.15. The predicted octanol–water partition coefficient (Wildman–Crippen LogP) is 3.44. The highest BCUT2D eigenvalue weighted by Crippen LogP contribution is 2.17. The van der Waals surface area contributed by atoms with Crippen LogP contribution < -0.4 is 5.32 Å². The minimum atomic E-state index is 0.339. The van der Waals surface area contributed by atoms with Crippen LogP contribution in [0, 0.1) is 6.92 Å². The Hall–Kier alpha value is -1.54. The van der Waals surface area contributed by atoms with Crippen molar-refractivity contribution in [3.8, 4) is 0 Å². The van der Waals surface area contributed by atoms with Crippen LogP contribution in [-0.2, 0) is 6.54 Å². The van der Waals surface area contributed by atoms with Gasteiger partial charge < -0.3 is 9.73 Å². The number of nitrogens with one attached hydrogen (secondary N) is 1. The van der Waals surface area contributed by atoms with Crippen LogP contribution in [0.2, 0.25) is 0 Å². The normalized spacial score (nSPS) is 12.6. The van der Waals surface area contributed by atoms with Gasteiger partial charge in [-0.25, -0.2) is 0 Å². The fourth-order valence-corrected chi connectivity index (χ4v) is 1.85. The number of rotatable bonds is 4. The molecule has 0 fully saturated rings. The van der Waals surface area contributed by atoms with Crippen molar-refractivity contribution >= 4 is 0 Å². The third-order valence-corrected chi connectivity index (χ3v) is 2.82. The second-order valence-electron chi connectivity index (χ2n) is 4.04. The van der Waals surface area contributed by atoms with E-state index in [-0.39, 0.29) is 0 Å². The van der Waals surface area contributed by atoms with Gasteiger partial charge >= 0.3 is 0 Å². The SMILES string of the molecule is Cc1ccccc1[C@@H](C)NCc1ccco1. The summed E-state index contributed by atoms with van der Waals surface area (Å²) in [6, 6.07) is 12.7. The fourth-order valence-electron chi connectivity index (χ4n) is 1.85. The van der Waals surface area contributed by atoms with Gasteiger partial charge in [0.2, 0.25) is 0 Å². The third kappa shape index (κ3) is 2.52. The quantitative estimate of drug-likeness (QED) is 0.845. The van der Waals surface area contributed by atoms with E-state index in [4.69, 9.17) is 4.42 Å². The summed E-state index contributed by atoms with van der Waals surface area (Å²) >= 11 is 0. The monoisotopic (exact) mass is 215 g/mol. The van der Waals surface area contributed by atoms with Gasteiger partial charge in [0.1, 0.15) is 5.76 Å². The first-order valence-corrected chi connectivity index (χ1v) is 5.58. The minimum absolute atomic E-state index is 0.339. The Labute approximate surface area is 96.3 Å². The summed E-state index contributed by atoms with van der Waals surface area (Å²) in [4.78, 5) is 0. The van der Waals surface area contributed by atoms with Gasteiger partial charge in [0, 0.05) is 6.04 Å². The third-order valence-electron chi connectivity index (χ3n) is 2.82. The Kier molecular flexibility index (Phi) is 3.42. The Morgan fingerprint density at radius 2 is 2.00 bits per heavy atom. The highest BCUT2D eigenvalue weighted by Gasteiger charge is 2.07.